The van der Waals surface area contributed by atoms with Crippen LogP contribution >= 0.6 is 0 Å². The maximum absolute atomic E-state index is 12.7. The number of carbonyl (C=O) groups excluding carboxylic acids is 1. The molecule has 2 aromatic carbocycles. The quantitative estimate of drug-likeness (QED) is 0.723. The Hall–Kier alpha value is -2.55. The number of H-pyrrole nitrogens is 1. The molecule has 0 aliphatic carbocycles. The predicted octanol–water partition coefficient (Wildman–Crippen LogP) is 4.81. The van der Waals surface area contributed by atoms with Crippen molar-refractivity contribution in [3.63, 3.8) is 0 Å². The summed E-state index contributed by atoms with van der Waals surface area (Å²) in [7, 11) is 0. The first-order chi connectivity index (χ1) is 12.6. The molecule has 0 radical (unpaired) electrons. The Morgan fingerprint density at radius 1 is 1.15 bits per heavy atom. The number of aromatic nitrogens is 1. The van der Waals surface area contributed by atoms with E-state index in [4.69, 9.17) is 0 Å². The van der Waals surface area contributed by atoms with Gasteiger partial charge < -0.3 is 9.88 Å². The number of hydrogen-bond donors (Lipinski definition) is 1. The molecule has 0 unspecified atom stereocenters. The SMILES string of the molecule is CC(C)c1ccc2[nH]c3c(c2c1)CN(C(=O)CCc1ccccc1)CC3. The minimum Gasteiger partial charge on any atom is -0.358 e. The van der Waals surface area contributed by atoms with Crippen molar-refractivity contribution in [3.05, 3.63) is 70.9 Å². The summed E-state index contributed by atoms with van der Waals surface area (Å²) in [6.07, 6.45) is 2.31. The highest BCUT2D eigenvalue weighted by atomic mass is 16.2. The minimum absolute atomic E-state index is 0.258. The molecule has 0 atom stereocenters. The van der Waals surface area contributed by atoms with Crippen LogP contribution in [0.2, 0.25) is 0 Å². The lowest BCUT2D eigenvalue weighted by atomic mass is 9.98. The van der Waals surface area contributed by atoms with E-state index in [1.807, 2.05) is 23.1 Å². The zero-order valence-electron chi connectivity index (χ0n) is 15.6. The van der Waals surface area contributed by atoms with Crippen LogP contribution in [0.15, 0.2) is 48.5 Å². The van der Waals surface area contributed by atoms with Gasteiger partial charge in [-0.2, -0.15) is 0 Å². The van der Waals surface area contributed by atoms with Gasteiger partial charge in [0.15, 0.2) is 0 Å². The van der Waals surface area contributed by atoms with E-state index >= 15 is 0 Å². The average Bonchev–Trinajstić information content (AvgIpc) is 3.04. The van der Waals surface area contributed by atoms with Crippen molar-refractivity contribution in [2.75, 3.05) is 6.54 Å². The molecule has 4 rings (SSSR count). The van der Waals surface area contributed by atoms with E-state index < -0.39 is 0 Å². The third-order valence-electron chi connectivity index (χ3n) is 5.49. The van der Waals surface area contributed by atoms with Gasteiger partial charge in [0.1, 0.15) is 0 Å². The van der Waals surface area contributed by atoms with Crippen molar-refractivity contribution in [1.82, 2.24) is 9.88 Å². The molecule has 1 aliphatic rings. The van der Waals surface area contributed by atoms with Gasteiger partial charge in [-0.3, -0.25) is 4.79 Å². The van der Waals surface area contributed by atoms with E-state index in [2.05, 4.69) is 49.2 Å². The number of amides is 1. The third-order valence-corrected chi connectivity index (χ3v) is 5.49. The van der Waals surface area contributed by atoms with Gasteiger partial charge in [-0.1, -0.05) is 50.2 Å². The van der Waals surface area contributed by atoms with E-state index in [1.54, 1.807) is 0 Å². The van der Waals surface area contributed by atoms with Gasteiger partial charge in [-0.15, -0.1) is 0 Å². The summed E-state index contributed by atoms with van der Waals surface area (Å²) in [6, 6.07) is 17.0. The first-order valence-electron chi connectivity index (χ1n) is 9.57. The lowest BCUT2D eigenvalue weighted by molar-refractivity contribution is -0.132. The van der Waals surface area contributed by atoms with Crippen molar-refractivity contribution >= 4 is 16.8 Å². The highest BCUT2D eigenvalue weighted by Gasteiger charge is 2.24. The van der Waals surface area contributed by atoms with Crippen LogP contribution in [0.3, 0.4) is 0 Å². The standard InChI is InChI=1S/C23H26N2O/c1-16(2)18-9-10-21-19(14-18)20-15-25(13-12-22(20)24-21)23(26)11-8-17-6-4-3-5-7-17/h3-7,9-10,14,16,24H,8,11-13,15H2,1-2H3. The molecule has 3 heteroatoms. The monoisotopic (exact) mass is 346 g/mol. The highest BCUT2D eigenvalue weighted by Crippen LogP contribution is 2.30. The van der Waals surface area contributed by atoms with Crippen LogP contribution in [0.25, 0.3) is 10.9 Å². The second-order valence-electron chi connectivity index (χ2n) is 7.59. The molecule has 0 fully saturated rings. The summed E-state index contributed by atoms with van der Waals surface area (Å²) in [5.74, 6) is 0.769. The van der Waals surface area contributed by atoms with Crippen LogP contribution in [0, 0.1) is 0 Å². The number of benzene rings is 2. The highest BCUT2D eigenvalue weighted by molar-refractivity contribution is 5.87. The molecule has 0 saturated carbocycles. The van der Waals surface area contributed by atoms with Crippen molar-refractivity contribution in [2.24, 2.45) is 0 Å². The fourth-order valence-electron chi connectivity index (χ4n) is 3.86. The number of carbonyl (C=O) groups is 1. The number of aromatic amines is 1. The number of aryl methyl sites for hydroxylation is 1. The van der Waals surface area contributed by atoms with Gasteiger partial charge in [0.05, 0.1) is 0 Å². The zero-order chi connectivity index (χ0) is 18.1. The lowest BCUT2D eigenvalue weighted by Crippen LogP contribution is -2.35. The van der Waals surface area contributed by atoms with Gasteiger partial charge in [-0.05, 0) is 35.6 Å². The van der Waals surface area contributed by atoms with Gasteiger partial charge in [0.25, 0.3) is 0 Å². The van der Waals surface area contributed by atoms with Crippen molar-refractivity contribution in [1.29, 1.82) is 0 Å². The van der Waals surface area contributed by atoms with Crippen LogP contribution in [-0.2, 0) is 24.2 Å². The maximum Gasteiger partial charge on any atom is 0.223 e. The average molecular weight is 346 g/mol. The maximum atomic E-state index is 12.7. The Labute approximate surface area is 155 Å². The third kappa shape index (κ3) is 3.26. The summed E-state index contributed by atoms with van der Waals surface area (Å²) in [5.41, 5.74) is 6.38. The Morgan fingerprint density at radius 2 is 1.96 bits per heavy atom. The fraction of sp³-hybridized carbons (Fsp3) is 0.348. The van der Waals surface area contributed by atoms with Crippen LogP contribution < -0.4 is 0 Å². The summed E-state index contributed by atoms with van der Waals surface area (Å²) < 4.78 is 0. The molecular formula is C23H26N2O. The molecule has 2 heterocycles. The van der Waals surface area contributed by atoms with Gasteiger partial charge in [0.2, 0.25) is 5.91 Å². The first-order valence-corrected chi connectivity index (χ1v) is 9.57. The normalized spacial score (nSPS) is 14.0. The molecule has 0 bridgehead atoms. The van der Waals surface area contributed by atoms with E-state index in [0.29, 0.717) is 12.3 Å². The summed E-state index contributed by atoms with van der Waals surface area (Å²) in [4.78, 5) is 18.3. The Kier molecular flexibility index (Phi) is 4.54. The number of fused-ring (bicyclic) bond motifs is 3. The minimum atomic E-state index is 0.258. The molecule has 0 spiro atoms. The Balaban J connectivity index is 1.52. The van der Waals surface area contributed by atoms with Crippen LogP contribution in [0.4, 0.5) is 0 Å². The van der Waals surface area contributed by atoms with E-state index in [9.17, 15) is 4.79 Å². The predicted molar refractivity (Wildman–Crippen MR) is 106 cm³/mol. The molecule has 1 aliphatic heterocycles. The smallest absolute Gasteiger partial charge is 0.223 e. The fourth-order valence-corrected chi connectivity index (χ4v) is 3.86. The van der Waals surface area contributed by atoms with Crippen LogP contribution in [0.1, 0.15) is 48.6 Å². The second kappa shape index (κ2) is 6.99. The number of hydrogen-bond acceptors (Lipinski definition) is 1. The molecular weight excluding hydrogens is 320 g/mol. The van der Waals surface area contributed by atoms with Crippen LogP contribution in [-0.4, -0.2) is 22.3 Å². The van der Waals surface area contributed by atoms with Gasteiger partial charge in [0, 0.05) is 48.1 Å². The summed E-state index contributed by atoms with van der Waals surface area (Å²) >= 11 is 0. The van der Waals surface area contributed by atoms with E-state index in [1.165, 1.54) is 33.3 Å². The largest absolute Gasteiger partial charge is 0.358 e. The molecule has 26 heavy (non-hydrogen) atoms. The molecule has 0 saturated heterocycles. The topological polar surface area (TPSA) is 36.1 Å². The number of rotatable bonds is 4. The number of nitrogens with one attached hydrogen (secondary N) is 1. The zero-order valence-corrected chi connectivity index (χ0v) is 15.6. The molecule has 1 N–H and O–H groups in total. The van der Waals surface area contributed by atoms with Crippen LogP contribution in [0.5, 0.6) is 0 Å². The van der Waals surface area contributed by atoms with Crippen molar-refractivity contribution in [2.45, 2.75) is 45.6 Å². The molecule has 1 aromatic heterocycles. The van der Waals surface area contributed by atoms with Crippen molar-refractivity contribution < 1.29 is 4.79 Å². The van der Waals surface area contributed by atoms with E-state index in [-0.39, 0.29) is 5.91 Å². The van der Waals surface area contributed by atoms with Crippen molar-refractivity contribution in [3.8, 4) is 0 Å². The number of nitrogens with zero attached hydrogens (tertiary/aromatic N) is 1. The molecule has 3 aromatic rings. The van der Waals surface area contributed by atoms with E-state index in [0.717, 1.165) is 25.9 Å². The van der Waals surface area contributed by atoms with Gasteiger partial charge in [-0.25, -0.2) is 0 Å². The second-order valence-corrected chi connectivity index (χ2v) is 7.59. The Morgan fingerprint density at radius 3 is 2.73 bits per heavy atom. The lowest BCUT2D eigenvalue weighted by Gasteiger charge is -2.27. The summed E-state index contributed by atoms with van der Waals surface area (Å²) in [5, 5.41) is 1.28. The summed E-state index contributed by atoms with van der Waals surface area (Å²) in [6.45, 7) is 5.98. The van der Waals surface area contributed by atoms with Gasteiger partial charge >= 0.3 is 0 Å². The molecule has 3 nitrogen and oxygen atoms in total. The molecule has 1 amide bonds. The first kappa shape index (κ1) is 16.9. The Bertz CT molecular complexity index is 924. The molecule has 134 valence electrons.